The molecule has 4 N–H and O–H groups in total. The third-order valence-corrected chi connectivity index (χ3v) is 8.27. The van der Waals surface area contributed by atoms with E-state index in [0.717, 1.165) is 62.2 Å². The van der Waals surface area contributed by atoms with Crippen LogP contribution >= 0.6 is 0 Å². The number of rotatable bonds is 11. The lowest BCUT2D eigenvalue weighted by molar-refractivity contribution is -0.115. The molecule has 0 atom stereocenters. The predicted octanol–water partition coefficient (Wildman–Crippen LogP) is 4.53. The summed E-state index contributed by atoms with van der Waals surface area (Å²) in [5, 5.41) is 0. The summed E-state index contributed by atoms with van der Waals surface area (Å²) in [6.45, 7) is 7.67. The number of Topliss-reactive ketones (excluding diaryl/α,β-unsaturated/α-hetero) is 2. The Kier molecular flexibility index (Phi) is 17.2. The Hall–Kier alpha value is -5.58. The molecular formula is C39H47MgN7O8. The van der Waals surface area contributed by atoms with Crippen molar-refractivity contribution in [1.82, 2.24) is 34.8 Å². The number of imidazole rings is 2. The molecule has 1 amide bonds. The molecular weight excluding hydrogens is 719 g/mol. The zero-order valence-corrected chi connectivity index (χ0v) is 34.3. The minimum absolute atomic E-state index is 0. The summed E-state index contributed by atoms with van der Waals surface area (Å²) in [6, 6.07) is 10.9. The molecule has 15 nitrogen and oxygen atoms in total. The summed E-state index contributed by atoms with van der Waals surface area (Å²) >= 11 is 0. The van der Waals surface area contributed by atoms with Crippen LogP contribution in [0.15, 0.2) is 48.8 Å². The number of aryl methyl sites for hydroxylation is 2. The quantitative estimate of drug-likeness (QED) is 0.106. The number of aromatic amines is 2. The number of pyridine rings is 2. The molecule has 0 fully saturated rings. The van der Waals surface area contributed by atoms with E-state index in [2.05, 4.69) is 29.9 Å². The van der Waals surface area contributed by atoms with Crippen LogP contribution in [0.5, 0.6) is 23.0 Å². The minimum Gasteiger partial charge on any atom is -0.497 e. The Labute approximate surface area is 335 Å². The smallest absolute Gasteiger partial charge is 0.209 e. The maximum Gasteiger partial charge on any atom is 0.209 e. The number of methoxy groups -OCH3 is 4. The fraction of sp³-hybridized carbons (Fsp3) is 0.308. The van der Waals surface area contributed by atoms with Crippen LogP contribution < -0.4 is 18.9 Å². The number of hydrogen-bond donors (Lipinski definition) is 2. The number of carbonyl (C=O) groups is 3. The number of fused-ring (bicyclic) bond motifs is 2. The van der Waals surface area contributed by atoms with E-state index in [-0.39, 0.29) is 52.9 Å². The van der Waals surface area contributed by atoms with Crippen LogP contribution in [0, 0.1) is 27.7 Å². The van der Waals surface area contributed by atoms with E-state index in [0.29, 0.717) is 34.5 Å². The highest BCUT2D eigenvalue weighted by Gasteiger charge is 2.19. The standard InChI is InChI=1S/2C18H19N3O3.C3H7NO.Mg.H2O/c2*1-10-9-19-14(11(2)17(10)24-4)8-16(22)18-20-13-6-5-12(23-3)7-15(13)21-18;1-4(2)3-5;;/h2*5-7,9H,8H2,1-4H3,(H,20,21);3H,1-2H3;;1H2. The molecule has 0 saturated carbocycles. The summed E-state index contributed by atoms with van der Waals surface area (Å²) in [6.07, 6.45) is 4.52. The number of nitrogens with zero attached hydrogens (tertiary/aromatic N) is 5. The summed E-state index contributed by atoms with van der Waals surface area (Å²) in [5.41, 5.74) is 8.03. The molecule has 4 aromatic heterocycles. The molecule has 16 heteroatoms. The monoisotopic (exact) mass is 765 g/mol. The van der Waals surface area contributed by atoms with Gasteiger partial charge < -0.3 is 39.3 Å². The first-order valence-electron chi connectivity index (χ1n) is 16.6. The first kappa shape index (κ1) is 45.6. The van der Waals surface area contributed by atoms with E-state index in [4.69, 9.17) is 18.9 Å². The second-order valence-electron chi connectivity index (χ2n) is 12.3. The largest absolute Gasteiger partial charge is 0.497 e. The van der Waals surface area contributed by atoms with Crippen LogP contribution in [0.25, 0.3) is 22.1 Å². The molecule has 0 aliphatic rings. The molecule has 0 saturated heterocycles. The molecule has 4 heterocycles. The van der Waals surface area contributed by atoms with Gasteiger partial charge in [-0.25, -0.2) is 9.97 Å². The van der Waals surface area contributed by atoms with Crippen molar-refractivity contribution >= 4 is 63.1 Å². The van der Waals surface area contributed by atoms with Gasteiger partial charge in [0, 0.05) is 83.9 Å². The zero-order valence-electron chi connectivity index (χ0n) is 32.9. The van der Waals surface area contributed by atoms with E-state index in [1.165, 1.54) is 4.90 Å². The number of benzene rings is 2. The third kappa shape index (κ3) is 11.2. The molecule has 6 aromatic rings. The number of nitrogens with one attached hydrogen (secondary N) is 2. The lowest BCUT2D eigenvalue weighted by atomic mass is 10.1. The summed E-state index contributed by atoms with van der Waals surface area (Å²) < 4.78 is 21.1. The van der Waals surface area contributed by atoms with E-state index in [9.17, 15) is 14.4 Å². The van der Waals surface area contributed by atoms with Crippen molar-refractivity contribution in [2.45, 2.75) is 40.5 Å². The van der Waals surface area contributed by atoms with E-state index >= 15 is 0 Å². The van der Waals surface area contributed by atoms with Crippen molar-refractivity contribution in [1.29, 1.82) is 0 Å². The predicted molar refractivity (Wildman–Crippen MR) is 211 cm³/mol. The van der Waals surface area contributed by atoms with Crippen LogP contribution in [0.2, 0.25) is 0 Å². The van der Waals surface area contributed by atoms with Crippen LogP contribution in [0.3, 0.4) is 0 Å². The van der Waals surface area contributed by atoms with Crippen molar-refractivity contribution < 1.29 is 38.8 Å². The molecule has 2 radical (unpaired) electrons. The highest BCUT2D eigenvalue weighted by molar-refractivity contribution is 5.98. The van der Waals surface area contributed by atoms with Crippen molar-refractivity contribution in [2.75, 3.05) is 42.5 Å². The first-order valence-corrected chi connectivity index (χ1v) is 16.6. The van der Waals surface area contributed by atoms with E-state index in [1.807, 2.05) is 64.1 Å². The minimum atomic E-state index is -0.119. The van der Waals surface area contributed by atoms with Gasteiger partial charge in [0.2, 0.25) is 18.0 Å². The van der Waals surface area contributed by atoms with Crippen LogP contribution in [0.1, 0.15) is 54.9 Å². The van der Waals surface area contributed by atoms with Gasteiger partial charge in [0.15, 0.2) is 11.6 Å². The van der Waals surface area contributed by atoms with Gasteiger partial charge in [0.05, 0.1) is 74.7 Å². The Morgan fingerprint density at radius 1 is 0.673 bits per heavy atom. The normalized spacial score (nSPS) is 10.1. The Morgan fingerprint density at radius 3 is 1.35 bits per heavy atom. The number of hydrogen-bond acceptors (Lipinski definition) is 11. The zero-order chi connectivity index (χ0) is 38.8. The summed E-state index contributed by atoms with van der Waals surface area (Å²) in [5.74, 6) is 3.36. The lowest BCUT2D eigenvalue weighted by Crippen LogP contribution is -2.09. The Morgan fingerprint density at radius 2 is 1.04 bits per heavy atom. The summed E-state index contributed by atoms with van der Waals surface area (Å²) in [7, 11) is 9.81. The van der Waals surface area contributed by atoms with Crippen molar-refractivity contribution in [3.05, 3.63) is 94.1 Å². The van der Waals surface area contributed by atoms with Gasteiger partial charge in [-0.05, 0) is 52.0 Å². The number of H-pyrrole nitrogens is 2. The molecule has 2 aromatic carbocycles. The highest BCUT2D eigenvalue weighted by atomic mass is 24.3. The molecule has 0 unspecified atom stereocenters. The molecule has 6 rings (SSSR count). The molecule has 0 spiro atoms. The average molecular weight is 766 g/mol. The van der Waals surface area contributed by atoms with Crippen LogP contribution in [-0.4, -0.2) is 124 Å². The van der Waals surface area contributed by atoms with E-state index < -0.39 is 0 Å². The number of carbonyl (C=O) groups excluding carboxylic acids is 3. The Balaban J connectivity index is 0.000000328. The number of amides is 1. The van der Waals surface area contributed by atoms with Crippen molar-refractivity contribution in [2.24, 2.45) is 0 Å². The SMILES string of the molecule is CN(C)C=O.COc1ccc2nc(C(=O)Cc3ncc(C)c(OC)c3C)[nH]c2c1.COc1ccc2nc(C(=O)Cc3ncc(C)c(OC)c3C)[nH]c2c1.O.[Mg]. The lowest BCUT2D eigenvalue weighted by Gasteiger charge is -2.11. The molecule has 288 valence electrons. The van der Waals surface area contributed by atoms with Gasteiger partial charge >= 0.3 is 0 Å². The van der Waals surface area contributed by atoms with Gasteiger partial charge in [-0.3, -0.25) is 24.4 Å². The number of ketones is 2. The average Bonchev–Trinajstić information content (AvgIpc) is 3.79. The Bertz CT molecular complexity index is 2100. The molecule has 0 bridgehead atoms. The number of ether oxygens (including phenoxy) is 4. The molecule has 0 aliphatic carbocycles. The molecule has 0 aliphatic heterocycles. The molecule has 55 heavy (non-hydrogen) atoms. The second-order valence-corrected chi connectivity index (χ2v) is 12.3. The van der Waals surface area contributed by atoms with Gasteiger partial charge in [-0.2, -0.15) is 0 Å². The maximum atomic E-state index is 12.6. The topological polar surface area (TPSA) is 206 Å². The van der Waals surface area contributed by atoms with Crippen LogP contribution in [-0.2, 0) is 17.6 Å². The summed E-state index contributed by atoms with van der Waals surface area (Å²) in [4.78, 5) is 59.6. The fourth-order valence-corrected chi connectivity index (χ4v) is 5.47. The van der Waals surface area contributed by atoms with Gasteiger partial charge in [0.25, 0.3) is 0 Å². The van der Waals surface area contributed by atoms with Gasteiger partial charge in [-0.15, -0.1) is 0 Å². The second kappa shape index (κ2) is 20.8. The fourth-order valence-electron chi connectivity index (χ4n) is 5.47. The van der Waals surface area contributed by atoms with Crippen molar-refractivity contribution in [3.63, 3.8) is 0 Å². The highest BCUT2D eigenvalue weighted by Crippen LogP contribution is 2.27. The van der Waals surface area contributed by atoms with Crippen LogP contribution in [0.4, 0.5) is 0 Å². The maximum absolute atomic E-state index is 12.6. The van der Waals surface area contributed by atoms with E-state index in [1.54, 1.807) is 54.9 Å². The van der Waals surface area contributed by atoms with Gasteiger partial charge in [-0.1, -0.05) is 0 Å². The van der Waals surface area contributed by atoms with Gasteiger partial charge in [0.1, 0.15) is 23.0 Å². The third-order valence-electron chi connectivity index (χ3n) is 8.27. The first-order chi connectivity index (χ1) is 25.3. The number of aromatic nitrogens is 6. The van der Waals surface area contributed by atoms with Crippen molar-refractivity contribution in [3.8, 4) is 23.0 Å².